The molecule has 0 saturated carbocycles. The van der Waals surface area contributed by atoms with Crippen LogP contribution in [0.4, 0.5) is 0 Å². The zero-order chi connectivity index (χ0) is 15.5. The van der Waals surface area contributed by atoms with Crippen molar-refractivity contribution in [3.63, 3.8) is 0 Å². The van der Waals surface area contributed by atoms with Crippen molar-refractivity contribution in [1.82, 2.24) is 0 Å². The normalized spacial score (nSPS) is 25.9. The number of benzene rings is 1. The van der Waals surface area contributed by atoms with Crippen LogP contribution in [0.3, 0.4) is 0 Å². The smallest absolute Gasteiger partial charge is 0.401 e. The highest BCUT2D eigenvalue weighted by Crippen LogP contribution is 2.64. The Labute approximate surface area is 125 Å². The number of hydroxylamine groups is 1. The minimum atomic E-state index is -3.51. The molecule has 0 aliphatic carbocycles. The van der Waals surface area contributed by atoms with Gasteiger partial charge in [-0.2, -0.15) is 4.74 Å². The molecule has 0 N–H and O–H groups in total. The second-order valence-corrected chi connectivity index (χ2v) is 7.72. The van der Waals surface area contributed by atoms with E-state index in [2.05, 4.69) is 0 Å². The van der Waals surface area contributed by atoms with Gasteiger partial charge in [-0.3, -0.25) is 4.57 Å². The molecular weight excluding hydrogens is 289 g/mol. The molecule has 0 radical (unpaired) electrons. The minimum absolute atomic E-state index is 0.0806. The molecule has 0 amide bonds. The first kappa shape index (κ1) is 16.2. The van der Waals surface area contributed by atoms with E-state index < -0.39 is 12.9 Å². The number of nitrogens with zero attached hydrogens (tertiary/aromatic N) is 1. The summed E-state index contributed by atoms with van der Waals surface area (Å²) in [5.74, 6) is -0.0806. The summed E-state index contributed by atoms with van der Waals surface area (Å²) in [7, 11) is -3.51. The Hall–Kier alpha value is -1.16. The van der Waals surface area contributed by atoms with Crippen molar-refractivity contribution < 1.29 is 18.4 Å². The summed E-state index contributed by atoms with van der Waals surface area (Å²) < 4.78 is 24.5. The van der Waals surface area contributed by atoms with Crippen LogP contribution in [0.25, 0.3) is 0 Å². The average Bonchev–Trinajstić information content (AvgIpc) is 2.78. The third-order valence-electron chi connectivity index (χ3n) is 3.81. The maximum Gasteiger partial charge on any atom is 0.401 e. The van der Waals surface area contributed by atoms with Gasteiger partial charge in [0.05, 0.1) is 19.1 Å². The highest BCUT2D eigenvalue weighted by molar-refractivity contribution is 7.55. The number of rotatable bonds is 6. The second-order valence-electron chi connectivity index (χ2n) is 5.25. The SMILES string of the molecule is CCOP(=O)(OCC)[C@@]1(C)C[C@@H](c2ccccc2)C=[N+]1[O-]. The molecule has 6 heteroatoms. The van der Waals surface area contributed by atoms with E-state index >= 15 is 0 Å². The third-order valence-corrected chi connectivity index (χ3v) is 6.57. The Kier molecular flexibility index (Phi) is 4.87. The van der Waals surface area contributed by atoms with Crippen LogP contribution in [0.5, 0.6) is 0 Å². The first-order valence-electron chi connectivity index (χ1n) is 7.22. The van der Waals surface area contributed by atoms with E-state index in [1.54, 1.807) is 27.0 Å². The van der Waals surface area contributed by atoms with Gasteiger partial charge in [-0.25, -0.2) is 0 Å². The van der Waals surface area contributed by atoms with Gasteiger partial charge in [-0.05, 0) is 19.4 Å². The molecule has 0 unspecified atom stereocenters. The Balaban J connectivity index is 2.32. The van der Waals surface area contributed by atoms with Crippen LogP contribution in [0.1, 0.15) is 38.7 Å². The Bertz CT molecular complexity index is 550. The molecule has 0 spiro atoms. The lowest BCUT2D eigenvalue weighted by atomic mass is 9.96. The van der Waals surface area contributed by atoms with Gasteiger partial charge in [0.15, 0.2) is 6.21 Å². The maximum atomic E-state index is 13.0. The second kappa shape index (κ2) is 6.30. The van der Waals surface area contributed by atoms with Crippen LogP contribution < -0.4 is 0 Å². The number of hydrogen-bond acceptors (Lipinski definition) is 4. The van der Waals surface area contributed by atoms with Crippen LogP contribution in [0.15, 0.2) is 30.3 Å². The highest BCUT2D eigenvalue weighted by atomic mass is 31.2. The van der Waals surface area contributed by atoms with Crippen molar-refractivity contribution >= 4 is 13.8 Å². The molecule has 2 atom stereocenters. The van der Waals surface area contributed by atoms with Crippen LogP contribution in [0.2, 0.25) is 0 Å². The molecule has 1 aliphatic rings. The molecule has 0 saturated heterocycles. The van der Waals surface area contributed by atoms with E-state index in [1.807, 2.05) is 30.3 Å². The van der Waals surface area contributed by atoms with Crippen LogP contribution in [-0.4, -0.2) is 29.4 Å². The van der Waals surface area contributed by atoms with Gasteiger partial charge in [-0.15, -0.1) is 0 Å². The van der Waals surface area contributed by atoms with Gasteiger partial charge >= 0.3 is 7.60 Å². The predicted molar refractivity (Wildman–Crippen MR) is 82.8 cm³/mol. The van der Waals surface area contributed by atoms with Crippen LogP contribution in [0, 0.1) is 5.21 Å². The standard InChI is InChI=1S/C15H22NO4P/c1-4-19-21(18,20-5-2)15(3)11-14(12-16(15)17)13-9-7-6-8-10-13/h6-10,12,14H,4-5,11H2,1-3H3/t14-,15+/m1/s1. The van der Waals surface area contributed by atoms with Gasteiger partial charge in [-0.1, -0.05) is 30.3 Å². The molecular formula is C15H22NO4P. The molecule has 116 valence electrons. The molecule has 1 heterocycles. The van der Waals surface area contributed by atoms with Crippen molar-refractivity contribution in [1.29, 1.82) is 0 Å². The zero-order valence-electron chi connectivity index (χ0n) is 12.7. The zero-order valence-corrected chi connectivity index (χ0v) is 13.6. The summed E-state index contributed by atoms with van der Waals surface area (Å²) in [6.45, 7) is 5.65. The molecule has 21 heavy (non-hydrogen) atoms. The van der Waals surface area contributed by atoms with Crippen molar-refractivity contribution in [2.45, 2.75) is 38.4 Å². The largest absolute Gasteiger partial charge is 0.623 e. The van der Waals surface area contributed by atoms with E-state index in [0.29, 0.717) is 6.42 Å². The van der Waals surface area contributed by atoms with Crippen molar-refractivity contribution in [2.24, 2.45) is 0 Å². The van der Waals surface area contributed by atoms with Crippen LogP contribution >= 0.6 is 7.60 Å². The molecule has 0 aromatic heterocycles. The van der Waals surface area contributed by atoms with Gasteiger partial charge in [0.1, 0.15) is 0 Å². The number of hydrogen-bond donors (Lipinski definition) is 0. The Morgan fingerprint density at radius 3 is 2.38 bits per heavy atom. The quantitative estimate of drug-likeness (QED) is 0.456. The van der Waals surface area contributed by atoms with Crippen molar-refractivity contribution in [2.75, 3.05) is 13.2 Å². The lowest BCUT2D eigenvalue weighted by Gasteiger charge is -2.30. The third kappa shape index (κ3) is 2.91. The summed E-state index contributed by atoms with van der Waals surface area (Å²) in [6.07, 6.45) is 1.98. The first-order valence-corrected chi connectivity index (χ1v) is 8.76. The van der Waals surface area contributed by atoms with E-state index in [4.69, 9.17) is 9.05 Å². The van der Waals surface area contributed by atoms with E-state index in [1.165, 1.54) is 0 Å². The first-order chi connectivity index (χ1) is 9.97. The van der Waals surface area contributed by atoms with E-state index in [9.17, 15) is 9.77 Å². The summed E-state index contributed by atoms with van der Waals surface area (Å²) >= 11 is 0. The van der Waals surface area contributed by atoms with Gasteiger partial charge < -0.3 is 14.3 Å². The fourth-order valence-electron chi connectivity index (χ4n) is 2.68. The van der Waals surface area contributed by atoms with Gasteiger partial charge in [0.25, 0.3) is 5.28 Å². The average molecular weight is 311 g/mol. The van der Waals surface area contributed by atoms with E-state index in [0.717, 1.165) is 10.3 Å². The van der Waals surface area contributed by atoms with E-state index in [-0.39, 0.29) is 19.1 Å². The summed E-state index contributed by atoms with van der Waals surface area (Å²) in [5, 5.41) is 11.2. The lowest BCUT2D eigenvalue weighted by molar-refractivity contribution is -0.506. The molecule has 0 bridgehead atoms. The van der Waals surface area contributed by atoms with Crippen molar-refractivity contribution in [3.05, 3.63) is 41.1 Å². The van der Waals surface area contributed by atoms with Crippen LogP contribution in [-0.2, 0) is 13.6 Å². The van der Waals surface area contributed by atoms with Gasteiger partial charge in [0.2, 0.25) is 0 Å². The Morgan fingerprint density at radius 1 is 1.29 bits per heavy atom. The Morgan fingerprint density at radius 2 is 1.86 bits per heavy atom. The fraction of sp³-hybridized carbons (Fsp3) is 0.533. The topological polar surface area (TPSA) is 61.6 Å². The molecule has 1 aromatic carbocycles. The minimum Gasteiger partial charge on any atom is -0.623 e. The summed E-state index contributed by atoms with van der Waals surface area (Å²) in [4.78, 5) is 0. The lowest BCUT2D eigenvalue weighted by Crippen LogP contribution is -2.34. The molecule has 2 rings (SSSR count). The van der Waals surface area contributed by atoms with Gasteiger partial charge in [0, 0.05) is 13.3 Å². The van der Waals surface area contributed by atoms with Crippen molar-refractivity contribution in [3.8, 4) is 0 Å². The molecule has 0 fully saturated rings. The molecule has 1 aliphatic heterocycles. The monoisotopic (exact) mass is 311 g/mol. The summed E-state index contributed by atoms with van der Waals surface area (Å²) in [6, 6.07) is 9.72. The fourth-order valence-corrected chi connectivity index (χ4v) is 4.71. The maximum absolute atomic E-state index is 13.0. The summed E-state index contributed by atoms with van der Waals surface area (Å²) in [5.41, 5.74) is 1.03. The molecule has 5 nitrogen and oxygen atoms in total. The predicted octanol–water partition coefficient (Wildman–Crippen LogP) is 3.74. The molecule has 1 aromatic rings. The highest BCUT2D eigenvalue weighted by Gasteiger charge is 2.59.